The van der Waals surface area contributed by atoms with Gasteiger partial charge in [-0.1, -0.05) is 0 Å². The summed E-state index contributed by atoms with van der Waals surface area (Å²) in [4.78, 5) is 14.0. The van der Waals surface area contributed by atoms with Gasteiger partial charge in [0.25, 0.3) is 6.43 Å². The van der Waals surface area contributed by atoms with Crippen LogP contribution < -0.4 is 0 Å². The number of aliphatic carboxylic acids is 1. The summed E-state index contributed by atoms with van der Waals surface area (Å²) in [6.45, 7) is 0. The number of nitrogens with zero attached hydrogens (tertiary/aromatic N) is 1. The summed E-state index contributed by atoms with van der Waals surface area (Å²) < 4.78 is 25.0. The van der Waals surface area contributed by atoms with Crippen LogP contribution in [0.2, 0.25) is 0 Å². The van der Waals surface area contributed by atoms with Crippen LogP contribution in [0.4, 0.5) is 8.78 Å². The summed E-state index contributed by atoms with van der Waals surface area (Å²) in [6.07, 6.45) is -2.08. The maximum absolute atomic E-state index is 12.5. The van der Waals surface area contributed by atoms with Crippen molar-refractivity contribution in [3.05, 3.63) is 29.1 Å². The van der Waals surface area contributed by atoms with Crippen molar-refractivity contribution >= 4 is 17.6 Å². The number of halogens is 3. The number of carbonyl (C=O) groups is 1. The molecule has 0 fully saturated rings. The molecular weight excluding hydrogens is 228 g/mol. The molecule has 0 aliphatic heterocycles. The Hall–Kier alpha value is -1.23. The van der Waals surface area contributed by atoms with Crippen LogP contribution in [0, 0.1) is 0 Å². The molecule has 0 saturated heterocycles. The Morgan fingerprint density at radius 2 is 2.27 bits per heavy atom. The molecule has 1 N–H and O–H groups in total. The zero-order valence-corrected chi connectivity index (χ0v) is 8.34. The first-order valence-corrected chi connectivity index (χ1v) is 4.62. The molecule has 6 heteroatoms. The molecule has 1 heterocycles. The number of carboxylic acid groups (broad SMARTS) is 1. The van der Waals surface area contributed by atoms with E-state index in [0.29, 0.717) is 5.56 Å². The molecule has 15 heavy (non-hydrogen) atoms. The van der Waals surface area contributed by atoms with Crippen LogP contribution in [-0.4, -0.2) is 16.1 Å². The lowest BCUT2D eigenvalue weighted by Crippen LogP contribution is -2.08. The van der Waals surface area contributed by atoms with Gasteiger partial charge in [-0.2, -0.15) is 0 Å². The minimum atomic E-state index is -2.79. The quantitative estimate of drug-likeness (QED) is 0.816. The Kier molecular flexibility index (Phi) is 3.96. The molecule has 0 spiro atoms. The van der Waals surface area contributed by atoms with Crippen LogP contribution in [0.3, 0.4) is 0 Å². The second kappa shape index (κ2) is 5.02. The van der Waals surface area contributed by atoms with Gasteiger partial charge in [-0.15, -0.1) is 11.6 Å². The highest BCUT2D eigenvalue weighted by Crippen LogP contribution is 2.24. The summed E-state index contributed by atoms with van der Waals surface area (Å²) in [5, 5.41) is 8.58. The Morgan fingerprint density at radius 3 is 2.73 bits per heavy atom. The van der Waals surface area contributed by atoms with E-state index in [1.165, 1.54) is 12.3 Å². The highest BCUT2D eigenvalue weighted by Gasteiger charge is 2.19. The third-order valence-electron chi connectivity index (χ3n) is 1.86. The second-order valence-electron chi connectivity index (χ2n) is 2.84. The van der Waals surface area contributed by atoms with Crippen LogP contribution in [-0.2, 0) is 17.1 Å². The fourth-order valence-corrected chi connectivity index (χ4v) is 1.47. The van der Waals surface area contributed by atoms with E-state index >= 15 is 0 Å². The zero-order chi connectivity index (χ0) is 11.4. The Bertz CT molecular complexity index is 371. The Labute approximate surface area is 89.7 Å². The van der Waals surface area contributed by atoms with Gasteiger partial charge in [0.15, 0.2) is 0 Å². The Morgan fingerprint density at radius 1 is 1.60 bits per heavy atom. The molecule has 3 nitrogen and oxygen atoms in total. The molecule has 0 radical (unpaired) electrons. The van der Waals surface area contributed by atoms with Crippen molar-refractivity contribution in [2.24, 2.45) is 0 Å². The van der Waals surface area contributed by atoms with Crippen molar-refractivity contribution in [3.8, 4) is 0 Å². The normalized spacial score (nSPS) is 10.7. The summed E-state index contributed by atoms with van der Waals surface area (Å²) >= 11 is 5.53. The van der Waals surface area contributed by atoms with E-state index < -0.39 is 24.5 Å². The molecule has 1 aromatic rings. The van der Waals surface area contributed by atoms with E-state index in [4.69, 9.17) is 16.7 Å². The molecule has 0 saturated carbocycles. The van der Waals surface area contributed by atoms with Crippen LogP contribution in [0.15, 0.2) is 12.3 Å². The van der Waals surface area contributed by atoms with Gasteiger partial charge in [0, 0.05) is 12.1 Å². The van der Waals surface area contributed by atoms with Crippen molar-refractivity contribution in [3.63, 3.8) is 0 Å². The van der Waals surface area contributed by atoms with Gasteiger partial charge in [-0.05, 0) is 17.2 Å². The lowest BCUT2D eigenvalue weighted by atomic mass is 10.0. The fraction of sp³-hybridized carbons (Fsp3) is 0.333. The SMILES string of the molecule is O=C(O)Cc1c(CCl)ccnc1C(F)F. The number of hydrogen-bond donors (Lipinski definition) is 1. The van der Waals surface area contributed by atoms with Gasteiger partial charge in [-0.25, -0.2) is 8.78 Å². The number of aromatic nitrogens is 1. The largest absolute Gasteiger partial charge is 0.481 e. The second-order valence-corrected chi connectivity index (χ2v) is 3.11. The zero-order valence-electron chi connectivity index (χ0n) is 7.58. The van der Waals surface area contributed by atoms with Crippen LogP contribution in [0.5, 0.6) is 0 Å². The number of hydrogen-bond acceptors (Lipinski definition) is 2. The molecule has 0 aliphatic carbocycles. The molecule has 1 rings (SSSR count). The minimum Gasteiger partial charge on any atom is -0.481 e. The third-order valence-corrected chi connectivity index (χ3v) is 2.15. The van der Waals surface area contributed by atoms with Gasteiger partial charge in [-0.3, -0.25) is 9.78 Å². The minimum absolute atomic E-state index is 0.00907. The first-order valence-electron chi connectivity index (χ1n) is 4.08. The van der Waals surface area contributed by atoms with E-state index in [9.17, 15) is 13.6 Å². The van der Waals surface area contributed by atoms with Crippen molar-refractivity contribution in [1.82, 2.24) is 4.98 Å². The first-order chi connectivity index (χ1) is 7.06. The van der Waals surface area contributed by atoms with E-state index in [1.807, 2.05) is 0 Å². The molecule has 0 unspecified atom stereocenters. The molecule has 82 valence electrons. The Balaban J connectivity index is 3.20. The van der Waals surface area contributed by atoms with Crippen molar-refractivity contribution in [2.75, 3.05) is 0 Å². The molecule has 0 amide bonds. The van der Waals surface area contributed by atoms with Crippen LogP contribution >= 0.6 is 11.6 Å². The summed E-state index contributed by atoms with van der Waals surface area (Å²) in [5.41, 5.74) is -0.116. The number of pyridine rings is 1. The molecule has 0 aliphatic rings. The van der Waals surface area contributed by atoms with Gasteiger partial charge in [0.1, 0.15) is 5.69 Å². The van der Waals surface area contributed by atoms with Crippen molar-refractivity contribution < 1.29 is 18.7 Å². The maximum Gasteiger partial charge on any atom is 0.307 e. The third kappa shape index (κ3) is 2.86. The molecule has 1 aromatic heterocycles. The van der Waals surface area contributed by atoms with Gasteiger partial charge in [0.2, 0.25) is 0 Å². The fourth-order valence-electron chi connectivity index (χ4n) is 1.22. The molecule has 0 aromatic carbocycles. The predicted molar refractivity (Wildman–Crippen MR) is 50.1 cm³/mol. The topological polar surface area (TPSA) is 50.2 Å². The molecule has 0 atom stereocenters. The van der Waals surface area contributed by atoms with Crippen molar-refractivity contribution in [1.29, 1.82) is 0 Å². The number of alkyl halides is 3. The maximum atomic E-state index is 12.5. The average Bonchev–Trinajstić information content (AvgIpc) is 2.16. The van der Waals surface area contributed by atoms with E-state index in [-0.39, 0.29) is 11.4 Å². The van der Waals surface area contributed by atoms with Gasteiger partial charge >= 0.3 is 5.97 Å². The monoisotopic (exact) mass is 235 g/mol. The summed E-state index contributed by atoms with van der Waals surface area (Å²) in [5.74, 6) is -1.19. The summed E-state index contributed by atoms with van der Waals surface area (Å²) in [6, 6.07) is 1.44. The first kappa shape index (κ1) is 11.8. The van der Waals surface area contributed by atoms with E-state index in [2.05, 4.69) is 4.98 Å². The number of carboxylic acids is 1. The van der Waals surface area contributed by atoms with E-state index in [1.54, 1.807) is 0 Å². The highest BCUT2D eigenvalue weighted by molar-refractivity contribution is 6.17. The number of rotatable bonds is 4. The summed E-state index contributed by atoms with van der Waals surface area (Å²) in [7, 11) is 0. The standard InChI is InChI=1S/C9H8ClF2NO2/c10-4-5-1-2-13-8(9(11)12)6(5)3-7(14)15/h1-2,9H,3-4H2,(H,14,15). The van der Waals surface area contributed by atoms with Crippen LogP contribution in [0.1, 0.15) is 23.2 Å². The van der Waals surface area contributed by atoms with Gasteiger partial charge < -0.3 is 5.11 Å². The van der Waals surface area contributed by atoms with E-state index in [0.717, 1.165) is 0 Å². The van der Waals surface area contributed by atoms with Gasteiger partial charge in [0.05, 0.1) is 6.42 Å². The highest BCUT2D eigenvalue weighted by atomic mass is 35.5. The lowest BCUT2D eigenvalue weighted by molar-refractivity contribution is -0.136. The molecule has 0 bridgehead atoms. The smallest absolute Gasteiger partial charge is 0.307 e. The van der Waals surface area contributed by atoms with Crippen LogP contribution in [0.25, 0.3) is 0 Å². The average molecular weight is 236 g/mol. The van der Waals surface area contributed by atoms with Crippen molar-refractivity contribution in [2.45, 2.75) is 18.7 Å². The predicted octanol–water partition coefficient (Wildman–Crippen LogP) is 2.39. The molecular formula is C9H8ClF2NO2. The lowest BCUT2D eigenvalue weighted by Gasteiger charge is -2.09.